The van der Waals surface area contributed by atoms with Crippen LogP contribution in [0.1, 0.15) is 30.1 Å². The molecule has 1 fully saturated rings. The van der Waals surface area contributed by atoms with Gasteiger partial charge in [-0.25, -0.2) is 0 Å². The molecule has 1 heterocycles. The Balaban J connectivity index is 1.71. The molecule has 1 saturated heterocycles. The maximum atomic E-state index is 6.42. The smallest absolute Gasteiger partial charge is 0.322 e. The fourth-order valence-electron chi connectivity index (χ4n) is 3.23. The van der Waals surface area contributed by atoms with E-state index in [4.69, 9.17) is 8.85 Å². The van der Waals surface area contributed by atoms with Crippen LogP contribution < -0.4 is 0 Å². The molecule has 2 aromatic carbocycles. The van der Waals surface area contributed by atoms with Gasteiger partial charge in [0.1, 0.15) is 0 Å². The van der Waals surface area contributed by atoms with Crippen molar-refractivity contribution >= 4 is 9.28 Å². The maximum absolute atomic E-state index is 6.42. The highest BCUT2D eigenvalue weighted by Crippen LogP contribution is 2.45. The zero-order valence-electron chi connectivity index (χ0n) is 11.4. The van der Waals surface area contributed by atoms with Gasteiger partial charge in [-0.2, -0.15) is 0 Å². The Labute approximate surface area is 121 Å². The lowest BCUT2D eigenvalue weighted by Crippen LogP contribution is -2.28. The predicted molar refractivity (Wildman–Crippen MR) is 81.9 cm³/mol. The summed E-state index contributed by atoms with van der Waals surface area (Å²) in [7, 11) is -1.50. The first-order chi connectivity index (χ1) is 9.93. The first-order valence-electron chi connectivity index (χ1n) is 7.39. The molecular weight excluding hydrogens is 264 g/mol. The molecule has 0 saturated carbocycles. The molecule has 4 rings (SSSR count). The van der Waals surface area contributed by atoms with Gasteiger partial charge in [-0.05, 0) is 41.1 Å². The normalized spacial score (nSPS) is 21.5. The number of fused-ring (bicyclic) bond motifs is 3. The van der Waals surface area contributed by atoms with Crippen LogP contribution in [-0.2, 0) is 8.85 Å². The third kappa shape index (κ3) is 2.02. The van der Waals surface area contributed by atoms with Gasteiger partial charge in [-0.15, -0.1) is 0 Å². The van der Waals surface area contributed by atoms with E-state index in [1.807, 2.05) is 0 Å². The molecule has 0 aromatic heterocycles. The molecular formula is C17H18O2Si. The number of hydrogen-bond donors (Lipinski definition) is 0. The van der Waals surface area contributed by atoms with E-state index in [0.29, 0.717) is 0 Å². The van der Waals surface area contributed by atoms with Crippen LogP contribution >= 0.6 is 0 Å². The molecule has 1 unspecified atom stereocenters. The van der Waals surface area contributed by atoms with Crippen molar-refractivity contribution in [2.45, 2.75) is 25.0 Å². The van der Waals surface area contributed by atoms with Crippen molar-refractivity contribution < 1.29 is 8.85 Å². The molecule has 0 radical (unpaired) electrons. The van der Waals surface area contributed by atoms with E-state index in [1.54, 1.807) is 0 Å². The van der Waals surface area contributed by atoms with E-state index in [9.17, 15) is 0 Å². The molecule has 102 valence electrons. The Morgan fingerprint density at radius 2 is 1.55 bits per heavy atom. The van der Waals surface area contributed by atoms with Crippen LogP contribution in [-0.4, -0.2) is 15.9 Å². The van der Waals surface area contributed by atoms with Crippen molar-refractivity contribution in [2.75, 3.05) is 6.61 Å². The second-order valence-corrected chi connectivity index (χ2v) is 7.53. The van der Waals surface area contributed by atoms with Crippen LogP contribution in [0.5, 0.6) is 0 Å². The minimum atomic E-state index is -1.50. The topological polar surface area (TPSA) is 18.5 Å². The summed E-state index contributed by atoms with van der Waals surface area (Å²) in [5, 5.41) is 0. The minimum Gasteiger partial charge on any atom is -0.397 e. The fourth-order valence-corrected chi connectivity index (χ4v) is 5.26. The average Bonchev–Trinajstić information content (AvgIpc) is 2.84. The zero-order valence-corrected chi connectivity index (χ0v) is 12.6. The van der Waals surface area contributed by atoms with E-state index in [0.717, 1.165) is 12.7 Å². The molecule has 1 aliphatic heterocycles. The van der Waals surface area contributed by atoms with Gasteiger partial charge in [0, 0.05) is 6.61 Å². The molecule has 0 amide bonds. The Bertz CT molecular complexity index is 574. The van der Waals surface area contributed by atoms with Gasteiger partial charge in [0.15, 0.2) is 0 Å². The van der Waals surface area contributed by atoms with Crippen LogP contribution in [0.3, 0.4) is 0 Å². The van der Waals surface area contributed by atoms with Crippen LogP contribution in [0.25, 0.3) is 11.1 Å². The highest BCUT2D eigenvalue weighted by Gasteiger charge is 2.32. The van der Waals surface area contributed by atoms with Crippen molar-refractivity contribution in [3.8, 4) is 11.1 Å². The molecule has 20 heavy (non-hydrogen) atoms. The molecule has 0 N–H and O–H groups in total. The summed E-state index contributed by atoms with van der Waals surface area (Å²) in [5.74, 6) is 0. The van der Waals surface area contributed by atoms with Crippen molar-refractivity contribution in [3.63, 3.8) is 0 Å². The molecule has 3 heteroatoms. The molecule has 2 aromatic rings. The standard InChI is InChI=1S/C17H18O2Si/c1-3-9-15-13(7-1)14-8-2-4-10-16(14)17(15)19-20-12-6-5-11-18-20/h1-4,7-10,17,20H,5-6,11-12H2. The lowest BCUT2D eigenvalue weighted by Gasteiger charge is -2.25. The lowest BCUT2D eigenvalue weighted by molar-refractivity contribution is 0.147. The quantitative estimate of drug-likeness (QED) is 0.780. The Morgan fingerprint density at radius 1 is 0.900 bits per heavy atom. The highest BCUT2D eigenvalue weighted by atomic mass is 28.3. The van der Waals surface area contributed by atoms with Gasteiger partial charge in [-0.1, -0.05) is 48.5 Å². The van der Waals surface area contributed by atoms with Gasteiger partial charge in [0.2, 0.25) is 0 Å². The third-order valence-electron chi connectivity index (χ3n) is 4.20. The monoisotopic (exact) mass is 282 g/mol. The van der Waals surface area contributed by atoms with E-state index in [-0.39, 0.29) is 6.10 Å². The second-order valence-electron chi connectivity index (χ2n) is 5.49. The van der Waals surface area contributed by atoms with Crippen molar-refractivity contribution in [1.82, 2.24) is 0 Å². The van der Waals surface area contributed by atoms with Crippen LogP contribution in [0.2, 0.25) is 6.04 Å². The van der Waals surface area contributed by atoms with Crippen LogP contribution in [0.15, 0.2) is 48.5 Å². The Morgan fingerprint density at radius 3 is 2.15 bits per heavy atom. The molecule has 2 aliphatic rings. The molecule has 0 bridgehead atoms. The second kappa shape index (κ2) is 5.17. The van der Waals surface area contributed by atoms with Crippen molar-refractivity contribution in [2.24, 2.45) is 0 Å². The van der Waals surface area contributed by atoms with Crippen LogP contribution in [0, 0.1) is 0 Å². The Kier molecular flexibility index (Phi) is 3.18. The van der Waals surface area contributed by atoms with Gasteiger partial charge >= 0.3 is 9.28 Å². The van der Waals surface area contributed by atoms with Gasteiger partial charge in [0.05, 0.1) is 6.10 Å². The molecule has 1 atom stereocenters. The summed E-state index contributed by atoms with van der Waals surface area (Å²) in [6, 6.07) is 18.3. The summed E-state index contributed by atoms with van der Waals surface area (Å²) in [6.07, 6.45) is 2.52. The summed E-state index contributed by atoms with van der Waals surface area (Å²) in [4.78, 5) is 0. The molecule has 1 aliphatic carbocycles. The molecule has 0 spiro atoms. The first kappa shape index (κ1) is 12.3. The third-order valence-corrected chi connectivity index (χ3v) is 6.27. The van der Waals surface area contributed by atoms with E-state index in [2.05, 4.69) is 48.5 Å². The Hall–Kier alpha value is -1.42. The average molecular weight is 282 g/mol. The van der Waals surface area contributed by atoms with Gasteiger partial charge in [-0.3, -0.25) is 0 Å². The summed E-state index contributed by atoms with van der Waals surface area (Å²) < 4.78 is 12.3. The van der Waals surface area contributed by atoms with E-state index >= 15 is 0 Å². The number of benzene rings is 2. The van der Waals surface area contributed by atoms with Gasteiger partial charge < -0.3 is 8.85 Å². The maximum Gasteiger partial charge on any atom is 0.322 e. The largest absolute Gasteiger partial charge is 0.397 e. The van der Waals surface area contributed by atoms with Crippen molar-refractivity contribution in [3.05, 3.63) is 59.7 Å². The van der Waals surface area contributed by atoms with E-state index < -0.39 is 9.28 Å². The SMILES string of the molecule is c1ccc2c(c1)-c1ccccc1C2O[SiH]1CCCCO1. The predicted octanol–water partition coefficient (Wildman–Crippen LogP) is 3.80. The lowest BCUT2D eigenvalue weighted by atomic mass is 10.1. The van der Waals surface area contributed by atoms with Crippen LogP contribution in [0.4, 0.5) is 0 Å². The fraction of sp³-hybridized carbons (Fsp3) is 0.294. The molecule has 2 nitrogen and oxygen atoms in total. The highest BCUT2D eigenvalue weighted by molar-refractivity contribution is 6.44. The minimum absolute atomic E-state index is 0.0807. The number of hydrogen-bond acceptors (Lipinski definition) is 2. The summed E-state index contributed by atoms with van der Waals surface area (Å²) in [5.41, 5.74) is 5.24. The zero-order chi connectivity index (χ0) is 13.4. The first-order valence-corrected chi connectivity index (χ1v) is 9.15. The summed E-state index contributed by atoms with van der Waals surface area (Å²) in [6.45, 7) is 0.882. The summed E-state index contributed by atoms with van der Waals surface area (Å²) >= 11 is 0. The van der Waals surface area contributed by atoms with Crippen molar-refractivity contribution in [1.29, 1.82) is 0 Å². The van der Waals surface area contributed by atoms with E-state index in [1.165, 1.54) is 35.1 Å². The number of rotatable bonds is 2. The van der Waals surface area contributed by atoms with Gasteiger partial charge in [0.25, 0.3) is 0 Å².